The molecule has 3 aromatic carbocycles. The average molecular weight is 437 g/mol. The van der Waals surface area contributed by atoms with Crippen molar-refractivity contribution in [2.45, 2.75) is 32.6 Å². The van der Waals surface area contributed by atoms with E-state index in [9.17, 15) is 5.21 Å². The number of aryl methyl sites for hydroxylation is 1. The number of nitrogens with zero attached hydrogens (tertiary/aromatic N) is 5. The molecular weight excluding hydrogens is 412 g/mol. The quantitative estimate of drug-likeness (QED) is 0.296. The van der Waals surface area contributed by atoms with E-state index in [0.29, 0.717) is 17.8 Å². The molecule has 0 radical (unpaired) electrons. The minimum atomic E-state index is 0.535. The molecule has 7 nitrogen and oxygen atoms in total. The molecule has 0 spiro atoms. The molecule has 33 heavy (non-hydrogen) atoms. The molecular formula is C26H24N6O. The lowest BCUT2D eigenvalue weighted by Gasteiger charge is -2.13. The molecule has 0 aliphatic carbocycles. The second-order valence-corrected chi connectivity index (χ2v) is 8.05. The Labute approximate surface area is 191 Å². The van der Waals surface area contributed by atoms with Gasteiger partial charge in [-0.25, -0.2) is 4.98 Å². The Balaban J connectivity index is 1.49. The highest BCUT2D eigenvalue weighted by Crippen LogP contribution is 2.30. The van der Waals surface area contributed by atoms with Gasteiger partial charge in [-0.1, -0.05) is 74.0 Å². The van der Waals surface area contributed by atoms with Crippen molar-refractivity contribution in [3.8, 4) is 22.5 Å². The average Bonchev–Trinajstić information content (AvgIpc) is 3.40. The number of aromatic amines is 1. The van der Waals surface area contributed by atoms with Crippen molar-refractivity contribution in [3.63, 3.8) is 0 Å². The topological polar surface area (TPSA) is 94.3 Å². The number of H-pyrrole nitrogens is 1. The van der Waals surface area contributed by atoms with Gasteiger partial charge in [0.1, 0.15) is 11.2 Å². The van der Waals surface area contributed by atoms with Crippen LogP contribution in [0.5, 0.6) is 0 Å². The lowest BCUT2D eigenvalue weighted by molar-refractivity contribution is -0.586. The second kappa shape index (κ2) is 9.16. The summed E-state index contributed by atoms with van der Waals surface area (Å²) in [5.41, 5.74) is 7.03. The predicted molar refractivity (Wildman–Crippen MR) is 127 cm³/mol. The van der Waals surface area contributed by atoms with Gasteiger partial charge in [-0.2, -0.15) is 9.94 Å². The van der Waals surface area contributed by atoms with E-state index in [2.05, 4.69) is 51.8 Å². The molecule has 5 rings (SSSR count). The van der Waals surface area contributed by atoms with E-state index in [0.717, 1.165) is 63.2 Å². The van der Waals surface area contributed by atoms with Crippen molar-refractivity contribution in [2.24, 2.45) is 0 Å². The largest absolute Gasteiger partial charge is 0.618 e. The number of hydrogen-bond donors (Lipinski definition) is 1. The molecule has 7 heteroatoms. The second-order valence-electron chi connectivity index (χ2n) is 8.05. The van der Waals surface area contributed by atoms with E-state index in [4.69, 9.17) is 4.98 Å². The van der Waals surface area contributed by atoms with Crippen LogP contribution in [0, 0.1) is 5.21 Å². The summed E-state index contributed by atoms with van der Waals surface area (Å²) in [7, 11) is 0. The summed E-state index contributed by atoms with van der Waals surface area (Å²) in [4.78, 5) is 4.83. The third kappa shape index (κ3) is 4.17. The Morgan fingerprint density at radius 2 is 1.67 bits per heavy atom. The SMILES string of the molecule is CCCCc1nc2ccccc2[n+]([O-])c1Cc1ccc(-c2ccccc2-c2nn[nH]n2)cc1. The molecule has 2 aromatic heterocycles. The molecule has 0 aliphatic heterocycles. The lowest BCUT2D eigenvalue weighted by atomic mass is 9.97. The summed E-state index contributed by atoms with van der Waals surface area (Å²) in [6, 6.07) is 23.8. The Hall–Kier alpha value is -4.13. The monoisotopic (exact) mass is 436 g/mol. The van der Waals surface area contributed by atoms with Gasteiger partial charge in [-0.15, -0.1) is 10.2 Å². The Kier molecular flexibility index (Phi) is 5.76. The number of para-hydroxylation sites is 2. The molecule has 0 atom stereocenters. The van der Waals surface area contributed by atoms with Crippen LogP contribution in [-0.2, 0) is 12.8 Å². The van der Waals surface area contributed by atoms with Gasteiger partial charge in [-0.05, 0) is 40.8 Å². The van der Waals surface area contributed by atoms with E-state index >= 15 is 0 Å². The highest BCUT2D eigenvalue weighted by atomic mass is 16.5. The summed E-state index contributed by atoms with van der Waals surface area (Å²) in [6.07, 6.45) is 3.40. The van der Waals surface area contributed by atoms with Crippen molar-refractivity contribution >= 4 is 11.0 Å². The van der Waals surface area contributed by atoms with Crippen molar-refractivity contribution in [1.29, 1.82) is 0 Å². The van der Waals surface area contributed by atoms with Gasteiger partial charge in [0.15, 0.2) is 0 Å². The third-order valence-electron chi connectivity index (χ3n) is 5.85. The number of rotatable bonds is 7. The van der Waals surface area contributed by atoms with Crippen LogP contribution in [0.4, 0.5) is 0 Å². The van der Waals surface area contributed by atoms with Crippen LogP contribution >= 0.6 is 0 Å². The van der Waals surface area contributed by atoms with Crippen molar-refractivity contribution in [1.82, 2.24) is 25.6 Å². The molecule has 1 N–H and O–H groups in total. The molecule has 0 unspecified atom stereocenters. The maximum absolute atomic E-state index is 13.2. The number of benzene rings is 3. The van der Waals surface area contributed by atoms with Crippen LogP contribution in [-0.4, -0.2) is 25.6 Å². The molecule has 0 bridgehead atoms. The number of nitrogens with one attached hydrogen (secondary N) is 1. The van der Waals surface area contributed by atoms with Crippen LogP contribution < -0.4 is 4.73 Å². The predicted octanol–water partition coefficient (Wildman–Crippen LogP) is 4.65. The summed E-state index contributed by atoms with van der Waals surface area (Å²) in [5, 5.41) is 27.7. The number of aromatic nitrogens is 6. The molecule has 2 heterocycles. The van der Waals surface area contributed by atoms with Gasteiger partial charge >= 0.3 is 0 Å². The van der Waals surface area contributed by atoms with Crippen LogP contribution in [0.3, 0.4) is 0 Å². The highest BCUT2D eigenvalue weighted by Gasteiger charge is 2.19. The summed E-state index contributed by atoms with van der Waals surface area (Å²) in [5.74, 6) is 0.560. The Morgan fingerprint density at radius 1 is 0.909 bits per heavy atom. The minimum absolute atomic E-state index is 0.535. The summed E-state index contributed by atoms with van der Waals surface area (Å²) >= 11 is 0. The first kappa shape index (κ1) is 20.8. The smallest absolute Gasteiger partial charge is 0.242 e. The van der Waals surface area contributed by atoms with Crippen LogP contribution in [0.25, 0.3) is 33.5 Å². The van der Waals surface area contributed by atoms with Gasteiger partial charge in [0, 0.05) is 11.6 Å². The summed E-state index contributed by atoms with van der Waals surface area (Å²) in [6.45, 7) is 2.15. The van der Waals surface area contributed by atoms with E-state index in [-0.39, 0.29) is 0 Å². The molecule has 5 aromatic rings. The third-order valence-corrected chi connectivity index (χ3v) is 5.85. The van der Waals surface area contributed by atoms with E-state index in [1.54, 1.807) is 0 Å². The first-order valence-corrected chi connectivity index (χ1v) is 11.2. The van der Waals surface area contributed by atoms with E-state index in [1.165, 1.54) is 0 Å². The number of hydrogen-bond acceptors (Lipinski definition) is 5. The minimum Gasteiger partial charge on any atom is -0.618 e. The van der Waals surface area contributed by atoms with Crippen molar-refractivity contribution in [3.05, 3.63) is 95.0 Å². The lowest BCUT2D eigenvalue weighted by Crippen LogP contribution is -2.35. The zero-order valence-corrected chi connectivity index (χ0v) is 18.4. The van der Waals surface area contributed by atoms with Gasteiger partial charge < -0.3 is 5.21 Å². The van der Waals surface area contributed by atoms with Gasteiger partial charge in [0.05, 0.1) is 6.42 Å². The molecule has 164 valence electrons. The standard InChI is InChI=1S/C26H24N6O/c1-2-3-10-23-25(32(33)24-12-7-6-11-22(24)27-23)17-18-13-15-19(16-14-18)20-8-4-5-9-21(20)26-28-30-31-29-26/h4-9,11-16H,2-3,10,17H2,1H3,(H,28,29,30,31). The zero-order valence-electron chi connectivity index (χ0n) is 18.4. The van der Waals surface area contributed by atoms with E-state index in [1.807, 2.05) is 48.5 Å². The van der Waals surface area contributed by atoms with Gasteiger partial charge in [-0.3, -0.25) is 0 Å². The molecule has 0 aliphatic rings. The molecule has 0 amide bonds. The first-order chi connectivity index (χ1) is 16.2. The Bertz CT molecular complexity index is 1380. The molecule has 0 fully saturated rings. The fourth-order valence-corrected chi connectivity index (χ4v) is 4.12. The fourth-order valence-electron chi connectivity index (χ4n) is 4.12. The maximum Gasteiger partial charge on any atom is 0.242 e. The van der Waals surface area contributed by atoms with Crippen molar-refractivity contribution < 1.29 is 4.73 Å². The van der Waals surface area contributed by atoms with Crippen LogP contribution in [0.1, 0.15) is 36.7 Å². The van der Waals surface area contributed by atoms with Gasteiger partial charge in [0.25, 0.3) is 0 Å². The number of unbranched alkanes of at least 4 members (excludes halogenated alkanes) is 1. The highest BCUT2D eigenvalue weighted by molar-refractivity contribution is 5.80. The summed E-state index contributed by atoms with van der Waals surface area (Å²) < 4.78 is 1.06. The van der Waals surface area contributed by atoms with Gasteiger partial charge in [0.2, 0.25) is 17.0 Å². The molecule has 0 saturated carbocycles. The Morgan fingerprint density at radius 3 is 2.42 bits per heavy atom. The van der Waals surface area contributed by atoms with E-state index < -0.39 is 0 Å². The number of fused-ring (bicyclic) bond motifs is 1. The van der Waals surface area contributed by atoms with Crippen molar-refractivity contribution in [2.75, 3.05) is 0 Å². The maximum atomic E-state index is 13.2. The van der Waals surface area contributed by atoms with Crippen LogP contribution in [0.15, 0.2) is 72.8 Å². The first-order valence-electron chi connectivity index (χ1n) is 11.2. The normalized spacial score (nSPS) is 11.2. The number of tetrazole rings is 1. The zero-order chi connectivity index (χ0) is 22.6. The molecule has 0 saturated heterocycles. The van der Waals surface area contributed by atoms with Crippen LogP contribution in [0.2, 0.25) is 0 Å². The fraction of sp³-hybridized carbons (Fsp3) is 0.192.